The Hall–Kier alpha value is -3.92. The van der Waals surface area contributed by atoms with Gasteiger partial charge in [-0.1, -0.05) is 17.7 Å². The molecule has 0 spiro atoms. The first-order valence-corrected chi connectivity index (χ1v) is 13.1. The first-order chi connectivity index (χ1) is 19.0. The summed E-state index contributed by atoms with van der Waals surface area (Å²) in [7, 11) is 2.99. The van der Waals surface area contributed by atoms with Crippen molar-refractivity contribution in [1.82, 2.24) is 14.9 Å². The highest BCUT2D eigenvalue weighted by Crippen LogP contribution is 2.43. The molecule has 2 atom stereocenters. The highest BCUT2D eigenvalue weighted by molar-refractivity contribution is 7.80. The minimum Gasteiger partial charge on any atom is -0.490 e. The summed E-state index contributed by atoms with van der Waals surface area (Å²) in [5.41, 5.74) is 4.01. The topological polar surface area (TPSA) is 77.9 Å². The summed E-state index contributed by atoms with van der Waals surface area (Å²) in [6.07, 6.45) is 3.75. The van der Waals surface area contributed by atoms with Gasteiger partial charge in [0.1, 0.15) is 18.4 Å². The third-order valence-electron chi connectivity index (χ3n) is 6.49. The Morgan fingerprint density at radius 2 is 1.82 bits per heavy atom. The molecule has 3 heterocycles. The number of ether oxygens (including phenoxy) is 3. The average molecular weight is 563 g/mol. The number of halogens is 1. The van der Waals surface area contributed by atoms with Gasteiger partial charge in [-0.05, 0) is 78.9 Å². The quantitative estimate of drug-likeness (QED) is 0.162. The third kappa shape index (κ3) is 5.47. The maximum absolute atomic E-state index is 12.0. The van der Waals surface area contributed by atoms with E-state index >= 15 is 0 Å². The van der Waals surface area contributed by atoms with Gasteiger partial charge in [-0.2, -0.15) is 0 Å². The van der Waals surface area contributed by atoms with Gasteiger partial charge < -0.3 is 29.0 Å². The number of anilines is 1. The number of aromatic nitrogens is 2. The van der Waals surface area contributed by atoms with Crippen LogP contribution in [0.1, 0.15) is 33.8 Å². The standard InChI is InChI=1S/C29H27ClN4O4S/c1-36-16-17-38-25-13-12-21(18-22(25)30)34-27(26(32-29(34)39)23-6-3-4-14-31-23)24-7-5-15-33(24)20-10-8-19(9-11-20)28(35)37-2/h3-15,18,26-27H,16-17H2,1-2H3,(H,32,39)/t26-,27-/m1/s1. The molecule has 0 saturated carbocycles. The molecule has 0 bridgehead atoms. The van der Waals surface area contributed by atoms with Gasteiger partial charge in [-0.25, -0.2) is 4.79 Å². The smallest absolute Gasteiger partial charge is 0.337 e. The van der Waals surface area contributed by atoms with Crippen LogP contribution >= 0.6 is 23.8 Å². The largest absolute Gasteiger partial charge is 0.490 e. The molecule has 8 nitrogen and oxygen atoms in total. The van der Waals surface area contributed by atoms with Crippen LogP contribution in [0.15, 0.2) is 85.2 Å². The molecule has 0 amide bonds. The van der Waals surface area contributed by atoms with E-state index in [1.165, 1.54) is 7.11 Å². The molecule has 1 fully saturated rings. The summed E-state index contributed by atoms with van der Waals surface area (Å²) in [6.45, 7) is 0.857. The lowest BCUT2D eigenvalue weighted by atomic mass is 10.0. The number of benzene rings is 2. The van der Waals surface area contributed by atoms with Crippen LogP contribution in [0, 0.1) is 0 Å². The number of pyridine rings is 1. The number of carbonyl (C=O) groups excluding carboxylic acids is 1. The van der Waals surface area contributed by atoms with E-state index in [0.717, 1.165) is 22.8 Å². The molecule has 200 valence electrons. The number of methoxy groups -OCH3 is 2. The van der Waals surface area contributed by atoms with Crippen molar-refractivity contribution in [3.8, 4) is 11.4 Å². The predicted molar refractivity (Wildman–Crippen MR) is 154 cm³/mol. The monoisotopic (exact) mass is 562 g/mol. The summed E-state index contributed by atoms with van der Waals surface area (Å²) >= 11 is 12.5. The van der Waals surface area contributed by atoms with Crippen molar-refractivity contribution in [2.45, 2.75) is 12.1 Å². The molecule has 5 rings (SSSR count). The van der Waals surface area contributed by atoms with E-state index in [-0.39, 0.29) is 18.1 Å². The Morgan fingerprint density at radius 3 is 2.51 bits per heavy atom. The van der Waals surface area contributed by atoms with E-state index in [1.807, 2.05) is 65.7 Å². The minimum absolute atomic E-state index is 0.238. The Morgan fingerprint density at radius 1 is 1.03 bits per heavy atom. The van der Waals surface area contributed by atoms with Gasteiger partial charge in [0, 0.05) is 36.6 Å². The third-order valence-corrected chi connectivity index (χ3v) is 7.10. The molecule has 1 saturated heterocycles. The van der Waals surface area contributed by atoms with E-state index in [2.05, 4.69) is 20.9 Å². The van der Waals surface area contributed by atoms with Crippen molar-refractivity contribution in [1.29, 1.82) is 0 Å². The van der Waals surface area contributed by atoms with Crippen molar-refractivity contribution >= 4 is 40.6 Å². The molecule has 10 heteroatoms. The van der Waals surface area contributed by atoms with Gasteiger partial charge in [-0.15, -0.1) is 0 Å². The van der Waals surface area contributed by atoms with Crippen LogP contribution in [-0.2, 0) is 9.47 Å². The molecule has 4 aromatic rings. The maximum atomic E-state index is 12.0. The van der Waals surface area contributed by atoms with Crippen molar-refractivity contribution in [3.63, 3.8) is 0 Å². The number of hydrogen-bond donors (Lipinski definition) is 1. The zero-order valence-electron chi connectivity index (χ0n) is 21.4. The molecule has 1 aliphatic heterocycles. The lowest BCUT2D eigenvalue weighted by Gasteiger charge is -2.29. The zero-order valence-corrected chi connectivity index (χ0v) is 23.0. The molecule has 1 N–H and O–H groups in total. The van der Waals surface area contributed by atoms with Gasteiger partial charge in [0.25, 0.3) is 0 Å². The average Bonchev–Trinajstić information content (AvgIpc) is 3.58. The molecule has 0 radical (unpaired) electrons. The second-order valence-electron chi connectivity index (χ2n) is 8.79. The number of nitrogens with one attached hydrogen (secondary N) is 1. The number of rotatable bonds is 9. The molecular formula is C29H27ClN4O4S. The fourth-order valence-corrected chi connectivity index (χ4v) is 5.25. The summed E-state index contributed by atoms with van der Waals surface area (Å²) in [4.78, 5) is 18.6. The van der Waals surface area contributed by atoms with Crippen molar-refractivity contribution in [2.24, 2.45) is 0 Å². The van der Waals surface area contributed by atoms with Gasteiger partial charge in [-0.3, -0.25) is 4.98 Å². The summed E-state index contributed by atoms with van der Waals surface area (Å²) in [6, 6.07) is 22.3. The van der Waals surface area contributed by atoms with E-state index in [4.69, 9.17) is 38.0 Å². The van der Waals surface area contributed by atoms with Crippen molar-refractivity contribution in [2.75, 3.05) is 32.3 Å². The fraction of sp³-hybridized carbons (Fsp3) is 0.207. The lowest BCUT2D eigenvalue weighted by Crippen LogP contribution is -2.30. The number of carbonyl (C=O) groups is 1. The molecular weight excluding hydrogens is 536 g/mol. The number of esters is 1. The van der Waals surface area contributed by atoms with Gasteiger partial charge in [0.2, 0.25) is 0 Å². The van der Waals surface area contributed by atoms with Crippen LogP contribution in [0.3, 0.4) is 0 Å². The van der Waals surface area contributed by atoms with Crippen LogP contribution in [0.5, 0.6) is 5.75 Å². The normalized spacial score (nSPS) is 16.7. The molecule has 0 aliphatic carbocycles. The Kier molecular flexibility index (Phi) is 8.11. The fourth-order valence-electron chi connectivity index (χ4n) is 4.67. The zero-order chi connectivity index (χ0) is 27.4. The van der Waals surface area contributed by atoms with E-state index in [1.54, 1.807) is 25.4 Å². The number of thiocarbonyl (C=S) groups is 1. The summed E-state index contributed by atoms with van der Waals surface area (Å²) in [5, 5.41) is 4.49. The van der Waals surface area contributed by atoms with E-state index in [0.29, 0.717) is 34.7 Å². The number of nitrogens with zero attached hydrogens (tertiary/aromatic N) is 3. The first kappa shape index (κ1) is 26.7. The molecule has 1 aliphatic rings. The predicted octanol–water partition coefficient (Wildman–Crippen LogP) is 5.51. The maximum Gasteiger partial charge on any atom is 0.337 e. The van der Waals surface area contributed by atoms with Crippen LogP contribution in [0.2, 0.25) is 5.02 Å². The van der Waals surface area contributed by atoms with E-state index < -0.39 is 0 Å². The van der Waals surface area contributed by atoms with Crippen LogP contribution in [0.4, 0.5) is 5.69 Å². The van der Waals surface area contributed by atoms with Crippen molar-refractivity contribution in [3.05, 3.63) is 107 Å². The van der Waals surface area contributed by atoms with Crippen LogP contribution < -0.4 is 15.0 Å². The summed E-state index contributed by atoms with van der Waals surface area (Å²) in [5.74, 6) is 0.190. The second-order valence-corrected chi connectivity index (χ2v) is 9.59. The highest BCUT2D eigenvalue weighted by Gasteiger charge is 2.42. The first-order valence-electron chi connectivity index (χ1n) is 12.3. The van der Waals surface area contributed by atoms with Crippen LogP contribution in [-0.4, -0.2) is 48.1 Å². The number of hydrogen-bond acceptors (Lipinski definition) is 6. The Bertz CT molecular complexity index is 1460. The second kappa shape index (κ2) is 11.9. The van der Waals surface area contributed by atoms with Gasteiger partial charge >= 0.3 is 5.97 Å². The van der Waals surface area contributed by atoms with Crippen molar-refractivity contribution < 1.29 is 19.0 Å². The summed E-state index contributed by atoms with van der Waals surface area (Å²) < 4.78 is 17.7. The lowest BCUT2D eigenvalue weighted by molar-refractivity contribution is 0.0600. The molecule has 39 heavy (non-hydrogen) atoms. The van der Waals surface area contributed by atoms with Gasteiger partial charge in [0.15, 0.2) is 5.11 Å². The highest BCUT2D eigenvalue weighted by atomic mass is 35.5. The molecule has 0 unspecified atom stereocenters. The SMILES string of the molecule is COCCOc1ccc(N2C(=S)N[C@H](c3ccccn3)[C@H]2c2cccn2-c2ccc(C(=O)OC)cc2)cc1Cl. The Labute approximate surface area is 237 Å². The van der Waals surface area contributed by atoms with Crippen LogP contribution in [0.25, 0.3) is 5.69 Å². The Balaban J connectivity index is 1.56. The molecule has 2 aromatic carbocycles. The van der Waals surface area contributed by atoms with Gasteiger partial charge in [0.05, 0.1) is 36.0 Å². The van der Waals surface area contributed by atoms with E-state index in [9.17, 15) is 4.79 Å². The molecule has 2 aromatic heterocycles. The minimum atomic E-state index is -0.382.